The quantitative estimate of drug-likeness (QED) is 0.255. The molecule has 27 heavy (non-hydrogen) atoms. The lowest BCUT2D eigenvalue weighted by atomic mass is 10.2. The Morgan fingerprint density at radius 2 is 1.70 bits per heavy atom. The smallest absolute Gasteiger partial charge is 0.195 e. The van der Waals surface area contributed by atoms with Crippen molar-refractivity contribution >= 4 is 35.6 Å². The molecule has 0 fully saturated rings. The van der Waals surface area contributed by atoms with E-state index in [2.05, 4.69) is 22.5 Å². The van der Waals surface area contributed by atoms with Gasteiger partial charge in [0.05, 0.1) is 20.8 Å². The fourth-order valence-corrected chi connectivity index (χ4v) is 2.31. The van der Waals surface area contributed by atoms with Gasteiger partial charge in [0, 0.05) is 18.3 Å². The van der Waals surface area contributed by atoms with Crippen molar-refractivity contribution in [1.29, 1.82) is 0 Å². The van der Waals surface area contributed by atoms with Gasteiger partial charge in [-0.25, -0.2) is 4.99 Å². The molecule has 0 heterocycles. The van der Waals surface area contributed by atoms with Crippen LogP contribution in [0.1, 0.15) is 12.5 Å². The van der Waals surface area contributed by atoms with E-state index in [1.54, 1.807) is 14.2 Å². The van der Waals surface area contributed by atoms with Crippen LogP contribution < -0.4 is 24.8 Å². The molecule has 7 heteroatoms. The number of benzene rings is 2. The summed E-state index contributed by atoms with van der Waals surface area (Å²) in [6.45, 7) is 5.88. The number of aryl methyl sites for hydroxylation is 1. The molecule has 0 unspecified atom stereocenters. The summed E-state index contributed by atoms with van der Waals surface area (Å²) in [4.78, 5) is 4.54. The Hall–Kier alpha value is -2.16. The van der Waals surface area contributed by atoms with Crippen LogP contribution in [0.2, 0.25) is 0 Å². The number of nitrogens with one attached hydrogen (secondary N) is 2. The maximum Gasteiger partial charge on any atom is 0.195 e. The minimum Gasteiger partial charge on any atom is -0.493 e. The van der Waals surface area contributed by atoms with Crippen LogP contribution in [0.15, 0.2) is 47.5 Å². The van der Waals surface area contributed by atoms with Gasteiger partial charge in [-0.15, -0.1) is 24.0 Å². The summed E-state index contributed by atoms with van der Waals surface area (Å²) in [6, 6.07) is 13.6. The van der Waals surface area contributed by atoms with E-state index in [4.69, 9.17) is 14.2 Å². The molecular weight excluding hydrogens is 457 g/mol. The molecule has 0 atom stereocenters. The van der Waals surface area contributed by atoms with E-state index in [0.717, 1.165) is 18.0 Å². The first-order chi connectivity index (χ1) is 12.7. The first kappa shape index (κ1) is 22.9. The predicted molar refractivity (Wildman–Crippen MR) is 121 cm³/mol. The molecule has 0 radical (unpaired) electrons. The zero-order valence-electron chi connectivity index (χ0n) is 16.2. The Bertz CT molecular complexity index is 721. The van der Waals surface area contributed by atoms with Gasteiger partial charge in [0.2, 0.25) is 0 Å². The van der Waals surface area contributed by atoms with Crippen LogP contribution in [0.4, 0.5) is 5.69 Å². The lowest BCUT2D eigenvalue weighted by Crippen LogP contribution is -2.31. The van der Waals surface area contributed by atoms with Crippen molar-refractivity contribution in [2.75, 3.05) is 39.2 Å². The molecular formula is C20H28IN3O3. The summed E-state index contributed by atoms with van der Waals surface area (Å²) in [5.74, 6) is 2.89. The van der Waals surface area contributed by atoms with E-state index in [-0.39, 0.29) is 24.0 Å². The van der Waals surface area contributed by atoms with Crippen LogP contribution in [0.3, 0.4) is 0 Å². The van der Waals surface area contributed by atoms with Crippen molar-refractivity contribution in [2.45, 2.75) is 13.8 Å². The number of nitrogens with zero attached hydrogens (tertiary/aromatic N) is 1. The fraction of sp³-hybridized carbons (Fsp3) is 0.350. The number of anilines is 1. The maximum absolute atomic E-state index is 5.71. The SMILES string of the molecule is CCNC(=NCCOc1ccc(C)cc1)Nc1ccc(OC)c(OC)c1.I. The summed E-state index contributed by atoms with van der Waals surface area (Å²) in [5.41, 5.74) is 2.07. The van der Waals surface area contributed by atoms with E-state index < -0.39 is 0 Å². The second-order valence-electron chi connectivity index (χ2n) is 5.62. The number of aliphatic imine (C=N–C) groups is 1. The van der Waals surface area contributed by atoms with Crippen molar-refractivity contribution in [2.24, 2.45) is 4.99 Å². The highest BCUT2D eigenvalue weighted by Gasteiger charge is 2.06. The lowest BCUT2D eigenvalue weighted by Gasteiger charge is -2.14. The number of methoxy groups -OCH3 is 2. The van der Waals surface area contributed by atoms with E-state index in [1.807, 2.05) is 49.4 Å². The first-order valence-electron chi connectivity index (χ1n) is 8.63. The molecule has 2 rings (SSSR count). The van der Waals surface area contributed by atoms with Crippen molar-refractivity contribution in [3.8, 4) is 17.2 Å². The Morgan fingerprint density at radius 1 is 1.00 bits per heavy atom. The van der Waals surface area contributed by atoms with Crippen molar-refractivity contribution < 1.29 is 14.2 Å². The zero-order chi connectivity index (χ0) is 18.8. The fourth-order valence-electron chi connectivity index (χ4n) is 2.31. The van der Waals surface area contributed by atoms with Gasteiger partial charge in [-0.2, -0.15) is 0 Å². The predicted octanol–water partition coefficient (Wildman–Crippen LogP) is 4.09. The molecule has 0 amide bonds. The summed E-state index contributed by atoms with van der Waals surface area (Å²) in [7, 11) is 3.23. The third-order valence-electron chi connectivity index (χ3n) is 3.64. The van der Waals surface area contributed by atoms with E-state index in [0.29, 0.717) is 30.6 Å². The van der Waals surface area contributed by atoms with Crippen LogP contribution >= 0.6 is 24.0 Å². The molecule has 0 saturated carbocycles. The highest BCUT2D eigenvalue weighted by molar-refractivity contribution is 14.0. The molecule has 2 aromatic carbocycles. The molecule has 6 nitrogen and oxygen atoms in total. The van der Waals surface area contributed by atoms with Crippen LogP contribution in [0, 0.1) is 6.92 Å². The van der Waals surface area contributed by atoms with Gasteiger partial charge in [-0.3, -0.25) is 0 Å². The maximum atomic E-state index is 5.71. The van der Waals surface area contributed by atoms with Gasteiger partial charge in [0.15, 0.2) is 17.5 Å². The van der Waals surface area contributed by atoms with Crippen LogP contribution in [0.5, 0.6) is 17.2 Å². The molecule has 0 aliphatic rings. The highest BCUT2D eigenvalue weighted by atomic mass is 127. The average Bonchev–Trinajstić information content (AvgIpc) is 2.66. The molecule has 0 aromatic heterocycles. The van der Waals surface area contributed by atoms with Gasteiger partial charge in [-0.05, 0) is 38.1 Å². The Kier molecular flexibility index (Phi) is 10.4. The summed E-state index contributed by atoms with van der Waals surface area (Å²) in [6.07, 6.45) is 0. The Labute approximate surface area is 178 Å². The number of hydrogen-bond donors (Lipinski definition) is 2. The number of hydrogen-bond acceptors (Lipinski definition) is 4. The van der Waals surface area contributed by atoms with E-state index >= 15 is 0 Å². The summed E-state index contributed by atoms with van der Waals surface area (Å²) < 4.78 is 16.3. The standard InChI is InChI=1S/C20H27N3O3.HI/c1-5-21-20(22-12-13-26-17-9-6-15(2)7-10-17)23-16-8-11-18(24-3)19(14-16)25-4;/h6-11,14H,5,12-13H2,1-4H3,(H2,21,22,23);1H. The van der Waals surface area contributed by atoms with Crippen molar-refractivity contribution in [3.63, 3.8) is 0 Å². The monoisotopic (exact) mass is 485 g/mol. The molecule has 0 spiro atoms. The van der Waals surface area contributed by atoms with E-state index in [1.165, 1.54) is 5.56 Å². The van der Waals surface area contributed by atoms with Gasteiger partial charge in [0.1, 0.15) is 12.4 Å². The van der Waals surface area contributed by atoms with Crippen LogP contribution in [-0.4, -0.2) is 39.9 Å². The number of ether oxygens (including phenoxy) is 3. The van der Waals surface area contributed by atoms with Crippen molar-refractivity contribution in [1.82, 2.24) is 5.32 Å². The second kappa shape index (κ2) is 12.3. The third kappa shape index (κ3) is 7.54. The molecule has 2 N–H and O–H groups in total. The Morgan fingerprint density at radius 3 is 2.33 bits per heavy atom. The van der Waals surface area contributed by atoms with Gasteiger partial charge in [-0.1, -0.05) is 17.7 Å². The second-order valence-corrected chi connectivity index (χ2v) is 5.62. The number of guanidine groups is 1. The molecule has 2 aromatic rings. The largest absolute Gasteiger partial charge is 0.493 e. The number of halogens is 1. The first-order valence-corrected chi connectivity index (χ1v) is 8.63. The molecule has 0 aliphatic carbocycles. The third-order valence-corrected chi connectivity index (χ3v) is 3.64. The Balaban J connectivity index is 0.00000364. The lowest BCUT2D eigenvalue weighted by molar-refractivity contribution is 0.328. The number of rotatable bonds is 8. The van der Waals surface area contributed by atoms with Gasteiger partial charge >= 0.3 is 0 Å². The van der Waals surface area contributed by atoms with E-state index in [9.17, 15) is 0 Å². The molecule has 0 aliphatic heterocycles. The highest BCUT2D eigenvalue weighted by Crippen LogP contribution is 2.29. The van der Waals surface area contributed by atoms with Crippen molar-refractivity contribution in [3.05, 3.63) is 48.0 Å². The van der Waals surface area contributed by atoms with Crippen LogP contribution in [-0.2, 0) is 0 Å². The molecule has 0 saturated heterocycles. The average molecular weight is 485 g/mol. The molecule has 0 bridgehead atoms. The van der Waals surface area contributed by atoms with Gasteiger partial charge < -0.3 is 24.8 Å². The summed E-state index contributed by atoms with van der Waals surface area (Å²) >= 11 is 0. The summed E-state index contributed by atoms with van der Waals surface area (Å²) in [5, 5.41) is 6.47. The normalized spacial score (nSPS) is 10.6. The van der Waals surface area contributed by atoms with Crippen LogP contribution in [0.25, 0.3) is 0 Å². The topological polar surface area (TPSA) is 64.1 Å². The van der Waals surface area contributed by atoms with Gasteiger partial charge in [0.25, 0.3) is 0 Å². The molecule has 148 valence electrons. The zero-order valence-corrected chi connectivity index (χ0v) is 18.6. The minimum atomic E-state index is 0. The minimum absolute atomic E-state index is 0.